The summed E-state index contributed by atoms with van der Waals surface area (Å²) in [6.07, 6.45) is -9.67. The summed E-state index contributed by atoms with van der Waals surface area (Å²) in [5.74, 6) is 0.538. The molecular weight excluding hydrogens is 334 g/mol. The van der Waals surface area contributed by atoms with Crippen molar-refractivity contribution in [3.63, 3.8) is 0 Å². The Labute approximate surface area is 137 Å². The minimum Gasteiger partial charge on any atom is -0.430 e. The van der Waals surface area contributed by atoms with Gasteiger partial charge in [-0.3, -0.25) is 0 Å². The predicted octanol–water partition coefficient (Wildman–Crippen LogP) is 6.24. The van der Waals surface area contributed by atoms with Crippen molar-refractivity contribution in [2.75, 3.05) is 0 Å². The normalized spacial score (nSPS) is 23.8. The van der Waals surface area contributed by atoms with Gasteiger partial charge in [-0.1, -0.05) is 25.5 Å². The summed E-state index contributed by atoms with van der Waals surface area (Å²) >= 11 is 0. The maximum Gasteiger partial charge on any atom is 0.439 e. The van der Waals surface area contributed by atoms with Gasteiger partial charge in [-0.05, 0) is 55.2 Å². The summed E-state index contributed by atoms with van der Waals surface area (Å²) in [5, 5.41) is 0. The van der Waals surface area contributed by atoms with Crippen LogP contribution >= 0.6 is 0 Å². The quantitative estimate of drug-likeness (QED) is 0.569. The van der Waals surface area contributed by atoms with Crippen molar-refractivity contribution in [1.29, 1.82) is 0 Å². The van der Waals surface area contributed by atoms with Gasteiger partial charge in [0.15, 0.2) is 0 Å². The minimum atomic E-state index is -5.68. The number of alkyl halides is 6. The molecule has 0 aromatic heterocycles. The van der Waals surface area contributed by atoms with Crippen LogP contribution in [-0.2, 0) is 0 Å². The van der Waals surface area contributed by atoms with Crippen LogP contribution in [0.1, 0.15) is 50.5 Å². The number of rotatable bonds is 5. The van der Waals surface area contributed by atoms with E-state index in [1.807, 2.05) is 0 Å². The fraction of sp³-hybridized carbons (Fsp3) is 0.647. The first-order valence-corrected chi connectivity index (χ1v) is 8.01. The topological polar surface area (TPSA) is 9.23 Å². The Hall–Kier alpha value is -1.40. The van der Waals surface area contributed by atoms with Gasteiger partial charge < -0.3 is 4.74 Å². The third-order valence-electron chi connectivity index (χ3n) is 4.61. The molecule has 1 aliphatic carbocycles. The van der Waals surface area contributed by atoms with E-state index < -0.39 is 24.2 Å². The van der Waals surface area contributed by atoms with E-state index in [4.69, 9.17) is 0 Å². The molecule has 1 aromatic rings. The summed E-state index contributed by atoms with van der Waals surface area (Å²) in [4.78, 5) is 0. The van der Waals surface area contributed by atoms with Crippen molar-refractivity contribution in [3.8, 4) is 5.75 Å². The zero-order valence-electron chi connectivity index (χ0n) is 13.3. The second kappa shape index (κ2) is 7.23. The van der Waals surface area contributed by atoms with E-state index in [1.165, 1.54) is 0 Å². The molecular formula is C17H20F6O. The summed E-state index contributed by atoms with van der Waals surface area (Å²) in [7, 11) is 0. The van der Waals surface area contributed by atoms with Gasteiger partial charge in [-0.2, -0.15) is 22.0 Å². The molecule has 1 nitrogen and oxygen atoms in total. The van der Waals surface area contributed by atoms with Gasteiger partial charge in [0.2, 0.25) is 0 Å². The van der Waals surface area contributed by atoms with Crippen molar-refractivity contribution in [3.05, 3.63) is 29.8 Å². The zero-order chi connectivity index (χ0) is 18.0. The third kappa shape index (κ3) is 4.57. The molecule has 0 N–H and O–H groups in total. The van der Waals surface area contributed by atoms with E-state index in [1.54, 1.807) is 12.1 Å². The third-order valence-corrected chi connectivity index (χ3v) is 4.61. The second-order valence-electron chi connectivity index (χ2n) is 6.26. The lowest BCUT2D eigenvalue weighted by molar-refractivity contribution is -0.304. The lowest BCUT2D eigenvalue weighted by Crippen LogP contribution is -2.45. The first kappa shape index (κ1) is 18.9. The van der Waals surface area contributed by atoms with E-state index in [0.29, 0.717) is 11.8 Å². The van der Waals surface area contributed by atoms with Crippen LogP contribution < -0.4 is 4.74 Å². The first-order chi connectivity index (χ1) is 11.1. The van der Waals surface area contributed by atoms with Crippen molar-refractivity contribution in [1.82, 2.24) is 0 Å². The molecule has 7 heteroatoms. The van der Waals surface area contributed by atoms with E-state index in [0.717, 1.165) is 49.8 Å². The van der Waals surface area contributed by atoms with Gasteiger partial charge in [0.25, 0.3) is 6.17 Å². The summed E-state index contributed by atoms with van der Waals surface area (Å²) in [6.45, 7) is 2.15. The van der Waals surface area contributed by atoms with Crippen LogP contribution in [0.2, 0.25) is 0 Å². The average molecular weight is 354 g/mol. The predicted molar refractivity (Wildman–Crippen MR) is 78.0 cm³/mol. The van der Waals surface area contributed by atoms with E-state index in [2.05, 4.69) is 11.7 Å². The number of hydrogen-bond acceptors (Lipinski definition) is 1. The Morgan fingerprint density at radius 1 is 1.00 bits per heavy atom. The van der Waals surface area contributed by atoms with Crippen LogP contribution in [0.4, 0.5) is 26.3 Å². The zero-order valence-corrected chi connectivity index (χ0v) is 13.3. The molecule has 2 rings (SSSR count). The second-order valence-corrected chi connectivity index (χ2v) is 6.26. The smallest absolute Gasteiger partial charge is 0.430 e. The van der Waals surface area contributed by atoms with Gasteiger partial charge in [-0.15, -0.1) is 0 Å². The van der Waals surface area contributed by atoms with Crippen LogP contribution in [0.15, 0.2) is 24.3 Å². The molecule has 1 saturated carbocycles. The molecule has 1 aliphatic rings. The van der Waals surface area contributed by atoms with Gasteiger partial charge >= 0.3 is 12.3 Å². The molecule has 1 fully saturated rings. The highest BCUT2D eigenvalue weighted by Crippen LogP contribution is 2.39. The van der Waals surface area contributed by atoms with Crippen molar-refractivity contribution in [2.45, 2.75) is 63.4 Å². The molecule has 1 unspecified atom stereocenters. The average Bonchev–Trinajstić information content (AvgIpc) is 2.54. The lowest BCUT2D eigenvalue weighted by atomic mass is 9.78. The standard InChI is InChI=1S/C17H20F6O/c1-2-11-3-5-12(6-4-11)13-7-9-14(10-8-13)24-17(22,23)15(18)16(19,20)21/h7-12,15H,2-6H2,1H3. The van der Waals surface area contributed by atoms with Crippen LogP contribution in [0.3, 0.4) is 0 Å². The maximum atomic E-state index is 13.2. The maximum absolute atomic E-state index is 13.2. The summed E-state index contributed by atoms with van der Waals surface area (Å²) in [6, 6.07) is 5.45. The van der Waals surface area contributed by atoms with Crippen molar-refractivity contribution < 1.29 is 31.1 Å². The Kier molecular flexibility index (Phi) is 5.71. The molecule has 0 bridgehead atoms. The summed E-state index contributed by atoms with van der Waals surface area (Å²) < 4.78 is 79.4. The van der Waals surface area contributed by atoms with Gasteiger partial charge in [0.1, 0.15) is 5.75 Å². The van der Waals surface area contributed by atoms with E-state index in [-0.39, 0.29) is 0 Å². The van der Waals surface area contributed by atoms with Crippen LogP contribution in [0.25, 0.3) is 0 Å². The number of hydrogen-bond donors (Lipinski definition) is 0. The number of benzene rings is 1. The molecule has 1 atom stereocenters. The molecule has 0 heterocycles. The van der Waals surface area contributed by atoms with Crippen LogP contribution in [-0.4, -0.2) is 18.5 Å². The molecule has 0 spiro atoms. The van der Waals surface area contributed by atoms with Crippen molar-refractivity contribution >= 4 is 0 Å². The monoisotopic (exact) mass is 354 g/mol. The fourth-order valence-corrected chi connectivity index (χ4v) is 3.11. The Morgan fingerprint density at radius 3 is 2.00 bits per heavy atom. The van der Waals surface area contributed by atoms with E-state index in [9.17, 15) is 26.3 Å². The van der Waals surface area contributed by atoms with Crippen molar-refractivity contribution in [2.24, 2.45) is 5.92 Å². The molecule has 0 saturated heterocycles. The largest absolute Gasteiger partial charge is 0.439 e. The summed E-state index contributed by atoms with van der Waals surface area (Å²) in [5.41, 5.74) is 0.938. The fourth-order valence-electron chi connectivity index (χ4n) is 3.11. The molecule has 1 aromatic carbocycles. The Balaban J connectivity index is 2.00. The van der Waals surface area contributed by atoms with Gasteiger partial charge in [0.05, 0.1) is 0 Å². The van der Waals surface area contributed by atoms with Gasteiger partial charge in [-0.25, -0.2) is 4.39 Å². The minimum absolute atomic E-state index is 0.312. The lowest BCUT2D eigenvalue weighted by Gasteiger charge is -2.28. The highest BCUT2D eigenvalue weighted by Gasteiger charge is 2.59. The molecule has 24 heavy (non-hydrogen) atoms. The van der Waals surface area contributed by atoms with E-state index >= 15 is 0 Å². The number of ether oxygens (including phenoxy) is 1. The highest BCUT2D eigenvalue weighted by atomic mass is 19.4. The molecule has 136 valence electrons. The molecule has 0 amide bonds. The molecule has 0 radical (unpaired) electrons. The Bertz CT molecular complexity index is 517. The van der Waals surface area contributed by atoms with Gasteiger partial charge in [0, 0.05) is 0 Å². The first-order valence-electron chi connectivity index (χ1n) is 8.01. The molecule has 0 aliphatic heterocycles. The number of halogens is 6. The highest BCUT2D eigenvalue weighted by molar-refractivity contribution is 5.30. The SMILES string of the molecule is CCC1CCC(c2ccc(OC(F)(F)C(F)C(F)(F)F)cc2)CC1. The van der Waals surface area contributed by atoms with Crippen LogP contribution in [0, 0.1) is 5.92 Å². The van der Waals surface area contributed by atoms with Crippen LogP contribution in [0.5, 0.6) is 5.75 Å². The Morgan fingerprint density at radius 2 is 1.54 bits per heavy atom.